The van der Waals surface area contributed by atoms with Gasteiger partial charge in [0.25, 0.3) is 11.5 Å². The Hall–Kier alpha value is -4.13. The van der Waals surface area contributed by atoms with E-state index in [0.29, 0.717) is 16.9 Å². The molecule has 1 saturated carbocycles. The topological polar surface area (TPSA) is 84.7 Å². The molecular formula is C27H25N5O2. The van der Waals surface area contributed by atoms with Gasteiger partial charge in [0.05, 0.1) is 33.7 Å². The van der Waals surface area contributed by atoms with Gasteiger partial charge in [-0.05, 0) is 55.3 Å². The number of benzene rings is 3. The van der Waals surface area contributed by atoms with Crippen LogP contribution >= 0.6 is 0 Å². The molecule has 0 radical (unpaired) electrons. The summed E-state index contributed by atoms with van der Waals surface area (Å²) in [6.07, 6.45) is 5.64. The number of anilines is 1. The normalized spacial score (nSPS) is 14.6. The van der Waals surface area contributed by atoms with Crippen molar-refractivity contribution >= 4 is 33.8 Å². The number of hydrogen-bond donors (Lipinski definition) is 2. The Balaban J connectivity index is 1.43. The van der Waals surface area contributed by atoms with E-state index in [4.69, 9.17) is 0 Å². The molecule has 0 unspecified atom stereocenters. The van der Waals surface area contributed by atoms with Gasteiger partial charge in [0.1, 0.15) is 0 Å². The van der Waals surface area contributed by atoms with E-state index in [2.05, 4.69) is 20.0 Å². The number of amides is 1. The number of rotatable bonds is 4. The van der Waals surface area contributed by atoms with E-state index >= 15 is 0 Å². The summed E-state index contributed by atoms with van der Waals surface area (Å²) in [6, 6.07) is 23.0. The van der Waals surface area contributed by atoms with Gasteiger partial charge >= 0.3 is 0 Å². The van der Waals surface area contributed by atoms with Crippen LogP contribution in [0.15, 0.2) is 77.6 Å². The summed E-state index contributed by atoms with van der Waals surface area (Å²) in [5, 5.41) is 3.37. The molecule has 0 spiro atoms. The molecule has 1 fully saturated rings. The van der Waals surface area contributed by atoms with Crippen molar-refractivity contribution in [1.82, 2.24) is 19.3 Å². The molecular weight excluding hydrogens is 426 g/mol. The van der Waals surface area contributed by atoms with Gasteiger partial charge in [0, 0.05) is 5.56 Å². The van der Waals surface area contributed by atoms with E-state index < -0.39 is 0 Å². The lowest BCUT2D eigenvalue weighted by Gasteiger charge is -2.26. The number of carbonyl (C=O) groups excluding carboxylic acids is 1. The van der Waals surface area contributed by atoms with Crippen LogP contribution in [0.5, 0.6) is 0 Å². The Labute approximate surface area is 196 Å². The molecule has 1 aliphatic carbocycles. The van der Waals surface area contributed by atoms with Crippen molar-refractivity contribution in [3.63, 3.8) is 0 Å². The number of aromatic amines is 1. The molecule has 1 aliphatic rings. The number of imidazole rings is 1. The van der Waals surface area contributed by atoms with Crippen LogP contribution < -0.4 is 10.9 Å². The smallest absolute Gasteiger partial charge is 0.279 e. The van der Waals surface area contributed by atoms with E-state index in [0.717, 1.165) is 47.9 Å². The highest BCUT2D eigenvalue weighted by molar-refractivity contribution is 6.06. The summed E-state index contributed by atoms with van der Waals surface area (Å²) in [5.74, 6) is 0.0739. The average molecular weight is 452 g/mol. The molecule has 0 atom stereocenters. The van der Waals surface area contributed by atoms with Gasteiger partial charge in [-0.3, -0.25) is 19.6 Å². The predicted octanol–water partition coefficient (Wildman–Crippen LogP) is 5.43. The van der Waals surface area contributed by atoms with Crippen LogP contribution in [0.1, 0.15) is 48.5 Å². The number of carbonyl (C=O) groups is 1. The summed E-state index contributed by atoms with van der Waals surface area (Å²) in [4.78, 5) is 34.2. The fourth-order valence-corrected chi connectivity index (χ4v) is 5.06. The minimum atomic E-state index is -0.308. The highest BCUT2D eigenvalue weighted by Gasteiger charge is 2.24. The summed E-state index contributed by atoms with van der Waals surface area (Å²) < 4.78 is 3.93. The molecule has 3 aromatic carbocycles. The fraction of sp³-hybridized carbons (Fsp3) is 0.222. The van der Waals surface area contributed by atoms with Crippen molar-refractivity contribution in [3.05, 3.63) is 88.7 Å². The lowest BCUT2D eigenvalue weighted by atomic mass is 9.95. The van der Waals surface area contributed by atoms with Crippen molar-refractivity contribution in [3.8, 4) is 5.69 Å². The minimum Gasteiger partial charge on any atom is -0.324 e. The first-order valence-electron chi connectivity index (χ1n) is 11.8. The van der Waals surface area contributed by atoms with Crippen LogP contribution in [0.4, 0.5) is 5.95 Å². The zero-order valence-corrected chi connectivity index (χ0v) is 18.7. The molecule has 170 valence electrons. The van der Waals surface area contributed by atoms with Gasteiger partial charge < -0.3 is 4.98 Å². The quantitative estimate of drug-likeness (QED) is 0.382. The number of aromatic nitrogens is 4. The molecule has 5 aromatic rings. The Morgan fingerprint density at radius 3 is 2.50 bits per heavy atom. The zero-order valence-electron chi connectivity index (χ0n) is 18.7. The molecule has 6 rings (SSSR count). The van der Waals surface area contributed by atoms with E-state index in [1.807, 2.05) is 60.7 Å². The van der Waals surface area contributed by atoms with Gasteiger partial charge in [-0.15, -0.1) is 0 Å². The lowest BCUT2D eigenvalue weighted by molar-refractivity contribution is 0.102. The molecule has 0 bridgehead atoms. The third kappa shape index (κ3) is 3.50. The Morgan fingerprint density at radius 1 is 0.941 bits per heavy atom. The van der Waals surface area contributed by atoms with E-state index in [1.54, 1.807) is 16.8 Å². The fourth-order valence-electron chi connectivity index (χ4n) is 5.06. The number of hydrogen-bond acceptors (Lipinski definition) is 3. The van der Waals surface area contributed by atoms with Crippen LogP contribution in [-0.4, -0.2) is 25.2 Å². The molecule has 2 heterocycles. The van der Waals surface area contributed by atoms with Gasteiger partial charge in [-0.25, -0.2) is 9.67 Å². The Morgan fingerprint density at radius 2 is 1.71 bits per heavy atom. The van der Waals surface area contributed by atoms with E-state index in [-0.39, 0.29) is 17.5 Å². The van der Waals surface area contributed by atoms with Gasteiger partial charge in [-0.1, -0.05) is 49.6 Å². The molecule has 34 heavy (non-hydrogen) atoms. The van der Waals surface area contributed by atoms with Crippen LogP contribution in [0, 0.1) is 0 Å². The van der Waals surface area contributed by atoms with Crippen molar-refractivity contribution in [2.75, 3.05) is 5.32 Å². The molecule has 7 nitrogen and oxygen atoms in total. The van der Waals surface area contributed by atoms with Gasteiger partial charge in [0.15, 0.2) is 0 Å². The highest BCUT2D eigenvalue weighted by Crippen LogP contribution is 2.32. The number of fused-ring (bicyclic) bond motifs is 2. The maximum Gasteiger partial charge on any atom is 0.279 e. The van der Waals surface area contributed by atoms with Crippen molar-refractivity contribution in [1.29, 1.82) is 0 Å². The van der Waals surface area contributed by atoms with Crippen LogP contribution in [0.2, 0.25) is 0 Å². The molecule has 0 saturated heterocycles. The van der Waals surface area contributed by atoms with Crippen molar-refractivity contribution in [2.24, 2.45) is 0 Å². The third-order valence-electron chi connectivity index (χ3n) is 6.69. The van der Waals surface area contributed by atoms with Crippen molar-refractivity contribution in [2.45, 2.75) is 38.1 Å². The summed E-state index contributed by atoms with van der Waals surface area (Å²) in [7, 11) is 0. The number of H-pyrrole nitrogens is 1. The molecule has 2 aromatic heterocycles. The first kappa shape index (κ1) is 20.5. The summed E-state index contributed by atoms with van der Waals surface area (Å²) in [5.41, 5.74) is 3.65. The van der Waals surface area contributed by atoms with E-state index in [9.17, 15) is 9.59 Å². The Bertz CT molecular complexity index is 1520. The lowest BCUT2D eigenvalue weighted by Crippen LogP contribution is -2.25. The SMILES string of the molecule is O=C(Nc1nc2ccccc2[nH]1)c1ccc2c(c1)c(=O)n(-c1ccccc1)n2C1CCCCC1. The maximum absolute atomic E-state index is 13.6. The summed E-state index contributed by atoms with van der Waals surface area (Å²) >= 11 is 0. The maximum atomic E-state index is 13.6. The van der Waals surface area contributed by atoms with Crippen molar-refractivity contribution < 1.29 is 4.79 Å². The number of nitrogens with zero attached hydrogens (tertiary/aromatic N) is 3. The second-order valence-corrected chi connectivity index (χ2v) is 8.88. The Kier molecular flexibility index (Phi) is 5.02. The summed E-state index contributed by atoms with van der Waals surface area (Å²) in [6.45, 7) is 0. The molecule has 7 heteroatoms. The monoisotopic (exact) mass is 451 g/mol. The molecule has 1 amide bonds. The van der Waals surface area contributed by atoms with Gasteiger partial charge in [-0.2, -0.15) is 0 Å². The average Bonchev–Trinajstić information content (AvgIpc) is 3.42. The van der Waals surface area contributed by atoms with Crippen LogP contribution in [0.3, 0.4) is 0 Å². The number of nitrogens with one attached hydrogen (secondary N) is 2. The molecule has 0 aliphatic heterocycles. The molecule has 2 N–H and O–H groups in total. The second-order valence-electron chi connectivity index (χ2n) is 8.88. The standard InChI is InChI=1S/C27H25N5O2/c33-25(30-27-28-22-13-7-8-14-23(22)29-27)18-15-16-24-21(17-18)26(34)32(20-11-5-2-6-12-20)31(24)19-9-3-1-4-10-19/h2,5-8,11-17,19H,1,3-4,9-10H2,(H2,28,29,30,33). The first-order valence-corrected chi connectivity index (χ1v) is 11.8. The zero-order chi connectivity index (χ0) is 23.1. The third-order valence-corrected chi connectivity index (χ3v) is 6.69. The van der Waals surface area contributed by atoms with Crippen LogP contribution in [0.25, 0.3) is 27.6 Å². The van der Waals surface area contributed by atoms with Crippen LogP contribution in [-0.2, 0) is 0 Å². The largest absolute Gasteiger partial charge is 0.324 e. The predicted molar refractivity (Wildman–Crippen MR) is 134 cm³/mol. The minimum absolute atomic E-state index is 0.106. The van der Waals surface area contributed by atoms with E-state index in [1.165, 1.54) is 6.42 Å². The van der Waals surface area contributed by atoms with Gasteiger partial charge in [0.2, 0.25) is 5.95 Å². The first-order chi connectivity index (χ1) is 16.7. The highest BCUT2D eigenvalue weighted by atomic mass is 16.2. The second kappa shape index (κ2) is 8.33. The number of para-hydroxylation sites is 3.